The number of benzene rings is 1. The maximum atomic E-state index is 9.03. The Morgan fingerprint density at radius 1 is 1.44 bits per heavy atom. The molecule has 0 spiro atoms. The first kappa shape index (κ1) is 12.7. The van der Waals surface area contributed by atoms with Crippen molar-refractivity contribution in [3.63, 3.8) is 0 Å². The Kier molecular flexibility index (Phi) is 3.72. The molecule has 0 aliphatic rings. The summed E-state index contributed by atoms with van der Waals surface area (Å²) in [5.41, 5.74) is 7.79. The first-order valence-corrected chi connectivity index (χ1v) is 6.13. The number of aliphatic hydroxyl groups excluding tert-OH is 1. The van der Waals surface area contributed by atoms with Crippen LogP contribution in [0, 0.1) is 5.92 Å². The van der Waals surface area contributed by atoms with Gasteiger partial charge in [-0.3, -0.25) is 0 Å². The lowest BCUT2D eigenvalue weighted by Gasteiger charge is -2.19. The van der Waals surface area contributed by atoms with Crippen molar-refractivity contribution in [2.45, 2.75) is 26.3 Å². The molecule has 18 heavy (non-hydrogen) atoms. The molecule has 0 aliphatic carbocycles. The molecule has 5 heteroatoms. The molecule has 98 valence electrons. The highest BCUT2D eigenvalue weighted by atomic mass is 16.4. The highest BCUT2D eigenvalue weighted by Gasteiger charge is 2.15. The van der Waals surface area contributed by atoms with E-state index in [1.165, 1.54) is 0 Å². The average Bonchev–Trinajstić information content (AvgIpc) is 2.69. The van der Waals surface area contributed by atoms with Crippen molar-refractivity contribution < 1.29 is 9.52 Å². The summed E-state index contributed by atoms with van der Waals surface area (Å²) in [7, 11) is 0. The Balaban J connectivity index is 2.20. The molecule has 4 N–H and O–H groups in total. The van der Waals surface area contributed by atoms with Crippen molar-refractivity contribution in [2.24, 2.45) is 5.92 Å². The van der Waals surface area contributed by atoms with Gasteiger partial charge in [0.1, 0.15) is 5.52 Å². The van der Waals surface area contributed by atoms with Gasteiger partial charge in [-0.2, -0.15) is 4.98 Å². The number of nitrogens with zero attached hydrogens (tertiary/aromatic N) is 1. The maximum Gasteiger partial charge on any atom is 0.295 e. The Morgan fingerprint density at radius 2 is 2.22 bits per heavy atom. The first-order chi connectivity index (χ1) is 8.60. The second-order valence-corrected chi connectivity index (χ2v) is 4.75. The summed E-state index contributed by atoms with van der Waals surface area (Å²) in [5.74, 6) is 0.386. The SMILES string of the molecule is CC(C)C(CCO)Nc1nc2ccc(N)cc2o1. The summed E-state index contributed by atoms with van der Waals surface area (Å²) in [6.07, 6.45) is 0.665. The van der Waals surface area contributed by atoms with Gasteiger partial charge >= 0.3 is 0 Å². The van der Waals surface area contributed by atoms with Crippen LogP contribution in [-0.2, 0) is 0 Å². The molecule has 2 aromatic rings. The molecular weight excluding hydrogens is 230 g/mol. The molecule has 1 atom stereocenters. The minimum absolute atomic E-state index is 0.139. The van der Waals surface area contributed by atoms with Crippen molar-refractivity contribution in [3.05, 3.63) is 18.2 Å². The van der Waals surface area contributed by atoms with Crippen LogP contribution < -0.4 is 11.1 Å². The molecule has 0 amide bonds. The Hall–Kier alpha value is -1.75. The van der Waals surface area contributed by atoms with E-state index in [2.05, 4.69) is 24.1 Å². The molecule has 1 unspecified atom stereocenters. The van der Waals surface area contributed by atoms with Crippen molar-refractivity contribution in [2.75, 3.05) is 17.7 Å². The molecule has 0 fully saturated rings. The summed E-state index contributed by atoms with van der Waals surface area (Å²) in [6, 6.07) is 5.99. The number of rotatable bonds is 5. The minimum atomic E-state index is 0.139. The average molecular weight is 249 g/mol. The summed E-state index contributed by atoms with van der Waals surface area (Å²) >= 11 is 0. The number of hydrogen-bond acceptors (Lipinski definition) is 5. The van der Waals surface area contributed by atoms with Crippen LogP contribution in [0.25, 0.3) is 11.1 Å². The van der Waals surface area contributed by atoms with Crippen molar-refractivity contribution in [1.82, 2.24) is 4.98 Å². The lowest BCUT2D eigenvalue weighted by Crippen LogP contribution is -2.26. The zero-order valence-electron chi connectivity index (χ0n) is 10.7. The van der Waals surface area contributed by atoms with Gasteiger partial charge in [-0.15, -0.1) is 0 Å². The smallest absolute Gasteiger partial charge is 0.295 e. The summed E-state index contributed by atoms with van der Waals surface area (Å²) in [6.45, 7) is 4.32. The Bertz CT molecular complexity index is 522. The first-order valence-electron chi connectivity index (χ1n) is 6.13. The molecule has 0 saturated heterocycles. The molecule has 0 bridgehead atoms. The van der Waals surface area contributed by atoms with E-state index >= 15 is 0 Å². The van der Waals surface area contributed by atoms with Crippen LogP contribution in [0.5, 0.6) is 0 Å². The Labute approximate surface area is 106 Å². The fraction of sp³-hybridized carbons (Fsp3) is 0.462. The standard InChI is InChI=1S/C13H19N3O2/c1-8(2)10(5-6-17)15-13-16-11-4-3-9(14)7-12(11)18-13/h3-4,7-8,10,17H,5-6,14H2,1-2H3,(H,15,16). The number of nitrogens with one attached hydrogen (secondary N) is 1. The van der Waals surface area contributed by atoms with Crippen LogP contribution in [0.1, 0.15) is 20.3 Å². The normalized spacial score (nSPS) is 13.1. The monoisotopic (exact) mass is 249 g/mol. The lowest BCUT2D eigenvalue weighted by molar-refractivity contribution is 0.266. The van der Waals surface area contributed by atoms with Crippen LogP contribution in [0.3, 0.4) is 0 Å². The third kappa shape index (κ3) is 2.73. The van der Waals surface area contributed by atoms with Gasteiger partial charge in [0.2, 0.25) is 0 Å². The van der Waals surface area contributed by atoms with Gasteiger partial charge in [-0.05, 0) is 24.5 Å². The second kappa shape index (κ2) is 5.27. The van der Waals surface area contributed by atoms with E-state index in [0.717, 1.165) is 5.52 Å². The summed E-state index contributed by atoms with van der Waals surface area (Å²) in [4.78, 5) is 4.34. The second-order valence-electron chi connectivity index (χ2n) is 4.75. The van der Waals surface area contributed by atoms with Crippen molar-refractivity contribution in [3.8, 4) is 0 Å². The van der Waals surface area contributed by atoms with Crippen molar-refractivity contribution in [1.29, 1.82) is 0 Å². The zero-order chi connectivity index (χ0) is 13.1. The van der Waals surface area contributed by atoms with Crippen molar-refractivity contribution >= 4 is 22.8 Å². The minimum Gasteiger partial charge on any atom is -0.423 e. The molecule has 0 saturated carbocycles. The number of fused-ring (bicyclic) bond motifs is 1. The van der Waals surface area contributed by atoms with Gasteiger partial charge in [0.25, 0.3) is 6.01 Å². The van der Waals surface area contributed by atoms with E-state index in [4.69, 9.17) is 15.3 Å². The van der Waals surface area contributed by atoms with E-state index in [9.17, 15) is 0 Å². The molecule has 2 rings (SSSR count). The number of anilines is 2. The van der Waals surface area contributed by atoms with E-state index in [-0.39, 0.29) is 12.6 Å². The van der Waals surface area contributed by atoms with Gasteiger partial charge in [0.15, 0.2) is 5.58 Å². The number of hydrogen-bond donors (Lipinski definition) is 3. The van der Waals surface area contributed by atoms with Gasteiger partial charge in [0, 0.05) is 24.4 Å². The fourth-order valence-electron chi connectivity index (χ4n) is 1.87. The zero-order valence-corrected chi connectivity index (χ0v) is 10.7. The summed E-state index contributed by atoms with van der Waals surface area (Å²) in [5, 5.41) is 12.2. The van der Waals surface area contributed by atoms with E-state index < -0.39 is 0 Å². The van der Waals surface area contributed by atoms with E-state index in [1.807, 2.05) is 6.07 Å². The van der Waals surface area contributed by atoms with Gasteiger partial charge in [-0.25, -0.2) is 0 Å². The van der Waals surface area contributed by atoms with Crippen LogP contribution in [0.2, 0.25) is 0 Å². The fourth-order valence-corrected chi connectivity index (χ4v) is 1.87. The lowest BCUT2D eigenvalue weighted by atomic mass is 10.0. The maximum absolute atomic E-state index is 9.03. The van der Waals surface area contributed by atoms with Crippen LogP contribution in [0.4, 0.5) is 11.7 Å². The van der Waals surface area contributed by atoms with Gasteiger partial charge in [0.05, 0.1) is 0 Å². The van der Waals surface area contributed by atoms with Crippen LogP contribution in [-0.4, -0.2) is 22.7 Å². The molecule has 1 heterocycles. The molecule has 0 radical (unpaired) electrons. The molecular formula is C13H19N3O2. The third-order valence-corrected chi connectivity index (χ3v) is 2.97. The number of aliphatic hydroxyl groups is 1. The number of nitrogens with two attached hydrogens (primary N) is 1. The predicted molar refractivity (Wildman–Crippen MR) is 72.4 cm³/mol. The highest BCUT2D eigenvalue weighted by molar-refractivity contribution is 5.78. The third-order valence-electron chi connectivity index (χ3n) is 2.97. The molecule has 1 aromatic carbocycles. The predicted octanol–water partition coefficient (Wildman–Crippen LogP) is 2.23. The van der Waals surface area contributed by atoms with E-state index in [1.54, 1.807) is 12.1 Å². The van der Waals surface area contributed by atoms with Gasteiger partial charge < -0.3 is 20.6 Å². The van der Waals surface area contributed by atoms with E-state index in [0.29, 0.717) is 29.6 Å². The molecule has 5 nitrogen and oxygen atoms in total. The quantitative estimate of drug-likeness (QED) is 0.708. The van der Waals surface area contributed by atoms with Crippen LogP contribution >= 0.6 is 0 Å². The van der Waals surface area contributed by atoms with Crippen LogP contribution in [0.15, 0.2) is 22.6 Å². The highest BCUT2D eigenvalue weighted by Crippen LogP contribution is 2.22. The molecule has 1 aromatic heterocycles. The largest absolute Gasteiger partial charge is 0.423 e. The topological polar surface area (TPSA) is 84.3 Å². The Morgan fingerprint density at radius 3 is 2.89 bits per heavy atom. The molecule has 0 aliphatic heterocycles. The van der Waals surface area contributed by atoms with Gasteiger partial charge in [-0.1, -0.05) is 13.8 Å². The number of nitrogen functional groups attached to an aromatic ring is 1. The number of oxazole rings is 1. The number of aromatic nitrogens is 1. The summed E-state index contributed by atoms with van der Waals surface area (Å²) < 4.78 is 5.59.